The molecule has 0 spiro atoms. The first kappa shape index (κ1) is 15.8. The molecule has 1 amide bonds. The highest BCUT2D eigenvalue weighted by atomic mass is 16.7. The molecule has 0 saturated heterocycles. The summed E-state index contributed by atoms with van der Waals surface area (Å²) in [5.74, 6) is -1.39. The number of benzene rings is 1. The van der Waals surface area contributed by atoms with Crippen LogP contribution in [-0.4, -0.2) is 36.4 Å². The SMILES string of the molecule is COC(OC)(c1ccccc1)N(C(=O)O)C1CCCCC1. The zero-order valence-corrected chi connectivity index (χ0v) is 12.6. The Balaban J connectivity index is 2.43. The average molecular weight is 293 g/mol. The topological polar surface area (TPSA) is 59.0 Å². The van der Waals surface area contributed by atoms with E-state index in [1.54, 1.807) is 0 Å². The molecule has 0 aliphatic heterocycles. The van der Waals surface area contributed by atoms with Crippen LogP contribution < -0.4 is 0 Å². The van der Waals surface area contributed by atoms with Gasteiger partial charge in [-0.3, -0.25) is 0 Å². The molecule has 2 rings (SSSR count). The number of nitrogens with zero attached hydrogens (tertiary/aromatic N) is 1. The maximum atomic E-state index is 11.9. The van der Waals surface area contributed by atoms with E-state index < -0.39 is 12.0 Å². The van der Waals surface area contributed by atoms with Crippen molar-refractivity contribution in [2.24, 2.45) is 0 Å². The lowest BCUT2D eigenvalue weighted by Gasteiger charge is -2.44. The molecule has 0 atom stereocenters. The Bertz CT molecular complexity index is 453. The number of hydrogen-bond acceptors (Lipinski definition) is 3. The monoisotopic (exact) mass is 293 g/mol. The first-order valence-electron chi connectivity index (χ1n) is 7.34. The van der Waals surface area contributed by atoms with E-state index in [1.807, 2.05) is 30.3 Å². The highest BCUT2D eigenvalue weighted by Gasteiger charge is 2.46. The molecule has 1 N–H and O–H groups in total. The van der Waals surface area contributed by atoms with Crippen molar-refractivity contribution >= 4 is 6.09 Å². The third-order valence-electron chi connectivity index (χ3n) is 4.16. The van der Waals surface area contributed by atoms with Gasteiger partial charge >= 0.3 is 6.09 Å². The molecular weight excluding hydrogens is 270 g/mol. The van der Waals surface area contributed by atoms with Crippen molar-refractivity contribution in [3.8, 4) is 0 Å². The molecule has 21 heavy (non-hydrogen) atoms. The fraction of sp³-hybridized carbons (Fsp3) is 0.562. The standard InChI is InChI=1S/C16H23NO4/c1-20-16(21-2,13-9-5-3-6-10-13)17(15(18)19)14-11-7-4-8-12-14/h3,5-6,9-10,14H,4,7-8,11-12H2,1-2H3,(H,18,19). The van der Waals surface area contributed by atoms with Crippen LogP contribution in [0.4, 0.5) is 4.79 Å². The van der Waals surface area contributed by atoms with Gasteiger partial charge in [-0.15, -0.1) is 0 Å². The highest BCUT2D eigenvalue weighted by molar-refractivity contribution is 5.66. The van der Waals surface area contributed by atoms with Crippen molar-refractivity contribution in [3.05, 3.63) is 35.9 Å². The van der Waals surface area contributed by atoms with Crippen LogP contribution in [-0.2, 0) is 15.4 Å². The largest absolute Gasteiger partial charge is 0.465 e. The molecule has 1 saturated carbocycles. The number of amides is 1. The van der Waals surface area contributed by atoms with Crippen molar-refractivity contribution in [2.45, 2.75) is 44.1 Å². The molecule has 0 unspecified atom stereocenters. The molecule has 5 nitrogen and oxygen atoms in total. The van der Waals surface area contributed by atoms with Crippen molar-refractivity contribution < 1.29 is 19.4 Å². The summed E-state index contributed by atoms with van der Waals surface area (Å²) in [4.78, 5) is 13.2. The summed E-state index contributed by atoms with van der Waals surface area (Å²) in [6, 6.07) is 9.14. The van der Waals surface area contributed by atoms with E-state index >= 15 is 0 Å². The smallest absolute Gasteiger partial charge is 0.412 e. The van der Waals surface area contributed by atoms with E-state index in [0.717, 1.165) is 32.1 Å². The van der Waals surface area contributed by atoms with Gasteiger partial charge in [0.05, 0.1) is 0 Å². The van der Waals surface area contributed by atoms with Gasteiger partial charge < -0.3 is 14.6 Å². The molecule has 1 fully saturated rings. The minimum Gasteiger partial charge on any atom is -0.465 e. The van der Waals surface area contributed by atoms with Crippen LogP contribution in [0.1, 0.15) is 37.7 Å². The summed E-state index contributed by atoms with van der Waals surface area (Å²) in [6.07, 6.45) is 3.89. The lowest BCUT2D eigenvalue weighted by molar-refractivity contribution is -0.303. The minimum atomic E-state index is -1.39. The van der Waals surface area contributed by atoms with Crippen molar-refractivity contribution in [3.63, 3.8) is 0 Å². The Hall–Kier alpha value is -1.59. The van der Waals surface area contributed by atoms with Crippen molar-refractivity contribution in [1.82, 2.24) is 4.90 Å². The van der Waals surface area contributed by atoms with E-state index in [1.165, 1.54) is 19.1 Å². The molecule has 0 bridgehead atoms. The van der Waals surface area contributed by atoms with E-state index in [-0.39, 0.29) is 6.04 Å². The second-order valence-corrected chi connectivity index (χ2v) is 5.30. The number of ether oxygens (including phenoxy) is 2. The van der Waals surface area contributed by atoms with Gasteiger partial charge in [0.25, 0.3) is 5.91 Å². The van der Waals surface area contributed by atoms with Crippen LogP contribution in [0.25, 0.3) is 0 Å². The van der Waals surface area contributed by atoms with Crippen molar-refractivity contribution in [2.75, 3.05) is 14.2 Å². The molecule has 1 aliphatic rings. The van der Waals surface area contributed by atoms with Crippen LogP contribution in [0.3, 0.4) is 0 Å². The third-order valence-corrected chi connectivity index (χ3v) is 4.16. The molecule has 0 aromatic heterocycles. The summed E-state index contributed by atoms with van der Waals surface area (Å²) >= 11 is 0. The zero-order valence-electron chi connectivity index (χ0n) is 12.6. The summed E-state index contributed by atoms with van der Waals surface area (Å²) in [5, 5.41) is 9.75. The molecule has 1 aromatic rings. The lowest BCUT2D eigenvalue weighted by atomic mass is 9.93. The molecule has 0 heterocycles. The summed E-state index contributed by atoms with van der Waals surface area (Å²) in [6.45, 7) is 0. The maximum Gasteiger partial charge on any atom is 0.412 e. The van der Waals surface area contributed by atoms with Gasteiger partial charge in [-0.1, -0.05) is 49.6 Å². The summed E-state index contributed by atoms with van der Waals surface area (Å²) in [5.41, 5.74) is 0.683. The quantitative estimate of drug-likeness (QED) is 0.845. The highest BCUT2D eigenvalue weighted by Crippen LogP contribution is 2.36. The first-order chi connectivity index (χ1) is 10.2. The van der Waals surface area contributed by atoms with E-state index in [9.17, 15) is 9.90 Å². The van der Waals surface area contributed by atoms with E-state index in [0.29, 0.717) is 5.56 Å². The van der Waals surface area contributed by atoms with Crippen LogP contribution in [0.2, 0.25) is 0 Å². The van der Waals surface area contributed by atoms with Gasteiger partial charge in [0.15, 0.2) is 0 Å². The zero-order chi connectivity index (χ0) is 15.3. The van der Waals surface area contributed by atoms with Gasteiger partial charge in [0, 0.05) is 25.8 Å². The number of rotatable bonds is 5. The second-order valence-electron chi connectivity index (χ2n) is 5.30. The second kappa shape index (κ2) is 6.91. The van der Waals surface area contributed by atoms with Gasteiger partial charge in [-0.25, -0.2) is 9.69 Å². The van der Waals surface area contributed by atoms with Gasteiger partial charge in [0.1, 0.15) is 0 Å². The Morgan fingerprint density at radius 2 is 1.71 bits per heavy atom. The van der Waals surface area contributed by atoms with Gasteiger partial charge in [0.2, 0.25) is 0 Å². The number of hydrogen-bond donors (Lipinski definition) is 1. The molecule has 5 heteroatoms. The maximum absolute atomic E-state index is 11.9. The predicted molar refractivity (Wildman–Crippen MR) is 78.9 cm³/mol. The number of carbonyl (C=O) groups is 1. The van der Waals surface area contributed by atoms with Crippen LogP contribution in [0.15, 0.2) is 30.3 Å². The number of methoxy groups -OCH3 is 2. The summed E-state index contributed by atoms with van der Waals surface area (Å²) in [7, 11) is 2.96. The van der Waals surface area contributed by atoms with E-state index in [4.69, 9.17) is 9.47 Å². The molecular formula is C16H23NO4. The van der Waals surface area contributed by atoms with Crippen LogP contribution in [0, 0.1) is 0 Å². The Labute approximate surface area is 125 Å². The van der Waals surface area contributed by atoms with E-state index in [2.05, 4.69) is 0 Å². The van der Waals surface area contributed by atoms with Crippen LogP contribution in [0.5, 0.6) is 0 Å². The molecule has 1 aromatic carbocycles. The third kappa shape index (κ3) is 3.04. The predicted octanol–water partition coefficient (Wildman–Crippen LogP) is 3.40. The van der Waals surface area contributed by atoms with Gasteiger partial charge in [-0.2, -0.15) is 0 Å². The Morgan fingerprint density at radius 3 is 2.19 bits per heavy atom. The molecule has 0 radical (unpaired) electrons. The first-order valence-corrected chi connectivity index (χ1v) is 7.34. The van der Waals surface area contributed by atoms with Crippen LogP contribution >= 0.6 is 0 Å². The average Bonchev–Trinajstić information content (AvgIpc) is 2.54. The number of carboxylic acid groups (broad SMARTS) is 1. The summed E-state index contributed by atoms with van der Waals surface area (Å²) < 4.78 is 11.1. The van der Waals surface area contributed by atoms with Crippen molar-refractivity contribution in [1.29, 1.82) is 0 Å². The molecule has 1 aliphatic carbocycles. The normalized spacial score (nSPS) is 16.7. The fourth-order valence-corrected chi connectivity index (χ4v) is 3.17. The molecule has 116 valence electrons. The Kier molecular flexibility index (Phi) is 5.20. The van der Waals surface area contributed by atoms with Gasteiger partial charge in [-0.05, 0) is 12.8 Å². The Morgan fingerprint density at radius 1 is 1.14 bits per heavy atom. The lowest BCUT2D eigenvalue weighted by Crippen LogP contribution is -2.56. The fourth-order valence-electron chi connectivity index (χ4n) is 3.17. The minimum absolute atomic E-state index is 0.0867.